The molecule has 0 spiro atoms. The fourth-order valence-corrected chi connectivity index (χ4v) is 2.37. The Hall–Kier alpha value is -3.35. The molecular weight excluding hydrogens is 346 g/mol. The van der Waals surface area contributed by atoms with Crippen LogP contribution in [0.2, 0.25) is 0 Å². The normalized spacial score (nSPS) is 10.4. The van der Waals surface area contributed by atoms with E-state index in [2.05, 4.69) is 15.5 Å². The van der Waals surface area contributed by atoms with Crippen molar-refractivity contribution in [2.75, 3.05) is 20.3 Å². The van der Waals surface area contributed by atoms with Gasteiger partial charge in [-0.1, -0.05) is 23.8 Å². The molecule has 1 amide bonds. The van der Waals surface area contributed by atoms with E-state index in [0.29, 0.717) is 36.2 Å². The third-order valence-electron chi connectivity index (χ3n) is 3.84. The minimum atomic E-state index is -0.205. The average Bonchev–Trinajstić information content (AvgIpc) is 3.16. The number of hydrogen-bond acceptors (Lipinski definition) is 6. The van der Waals surface area contributed by atoms with Gasteiger partial charge in [-0.3, -0.25) is 4.79 Å². The van der Waals surface area contributed by atoms with E-state index in [-0.39, 0.29) is 12.5 Å². The van der Waals surface area contributed by atoms with Gasteiger partial charge in [0.05, 0.1) is 7.11 Å². The van der Waals surface area contributed by atoms with Crippen molar-refractivity contribution in [3.63, 3.8) is 0 Å². The Kier molecular flexibility index (Phi) is 6.04. The smallest absolute Gasteiger partial charge is 0.257 e. The number of benzene rings is 2. The van der Waals surface area contributed by atoms with Crippen LogP contribution in [0.3, 0.4) is 0 Å². The molecule has 0 radical (unpaired) electrons. The lowest BCUT2D eigenvalue weighted by Crippen LogP contribution is -2.30. The van der Waals surface area contributed by atoms with Crippen LogP contribution in [0.25, 0.3) is 11.5 Å². The third-order valence-corrected chi connectivity index (χ3v) is 3.84. The topological polar surface area (TPSA) is 86.5 Å². The van der Waals surface area contributed by atoms with Crippen molar-refractivity contribution in [3.05, 3.63) is 60.0 Å². The number of amides is 1. The monoisotopic (exact) mass is 367 g/mol. The first-order valence-corrected chi connectivity index (χ1v) is 8.57. The van der Waals surface area contributed by atoms with Crippen molar-refractivity contribution in [1.29, 1.82) is 0 Å². The highest BCUT2D eigenvalue weighted by Gasteiger charge is 2.10. The molecule has 1 heterocycles. The number of aromatic nitrogens is 2. The van der Waals surface area contributed by atoms with Gasteiger partial charge in [0.25, 0.3) is 5.91 Å². The molecule has 0 unspecified atom stereocenters. The van der Waals surface area contributed by atoms with Gasteiger partial charge >= 0.3 is 0 Å². The van der Waals surface area contributed by atoms with Crippen LogP contribution in [0.4, 0.5) is 0 Å². The molecule has 7 nitrogen and oxygen atoms in total. The van der Waals surface area contributed by atoms with Gasteiger partial charge in [-0.15, -0.1) is 10.2 Å². The number of carbonyl (C=O) groups excluding carboxylic acids is 1. The largest absolute Gasteiger partial charge is 0.497 e. The Balaban J connectivity index is 1.44. The summed E-state index contributed by atoms with van der Waals surface area (Å²) in [4.78, 5) is 11.9. The fraction of sp³-hybridized carbons (Fsp3) is 0.250. The summed E-state index contributed by atoms with van der Waals surface area (Å²) in [6, 6.07) is 14.9. The van der Waals surface area contributed by atoms with Crippen LogP contribution in [0, 0.1) is 6.92 Å². The first-order chi connectivity index (χ1) is 13.1. The molecule has 7 heteroatoms. The molecule has 0 fully saturated rings. The summed E-state index contributed by atoms with van der Waals surface area (Å²) in [5, 5.41) is 10.8. The lowest BCUT2D eigenvalue weighted by atomic mass is 10.2. The second-order valence-corrected chi connectivity index (χ2v) is 5.93. The zero-order chi connectivity index (χ0) is 19.1. The van der Waals surface area contributed by atoms with Crippen LogP contribution in [0.1, 0.15) is 11.5 Å². The number of rotatable bonds is 8. The molecule has 3 rings (SSSR count). The second kappa shape index (κ2) is 8.84. The van der Waals surface area contributed by atoms with Gasteiger partial charge in [0.15, 0.2) is 6.61 Å². The van der Waals surface area contributed by atoms with Crippen LogP contribution in [0.15, 0.2) is 52.9 Å². The van der Waals surface area contributed by atoms with Crippen LogP contribution >= 0.6 is 0 Å². The third kappa shape index (κ3) is 5.31. The number of aryl methyl sites for hydroxylation is 1. The lowest BCUT2D eigenvalue weighted by molar-refractivity contribution is -0.123. The summed E-state index contributed by atoms with van der Waals surface area (Å²) in [5.74, 6) is 2.04. The van der Waals surface area contributed by atoms with Gasteiger partial charge in [0, 0.05) is 18.5 Å². The maximum Gasteiger partial charge on any atom is 0.257 e. The Morgan fingerprint density at radius 3 is 2.70 bits per heavy atom. The molecule has 1 aromatic heterocycles. The quantitative estimate of drug-likeness (QED) is 0.659. The molecule has 0 aliphatic rings. The molecule has 140 valence electrons. The minimum absolute atomic E-state index is 0.0397. The maximum absolute atomic E-state index is 11.9. The number of ether oxygens (including phenoxy) is 2. The Morgan fingerprint density at radius 1 is 1.11 bits per heavy atom. The number of carbonyl (C=O) groups is 1. The molecule has 0 saturated heterocycles. The van der Waals surface area contributed by atoms with Gasteiger partial charge in [-0.05, 0) is 37.3 Å². The number of hydrogen-bond donors (Lipinski definition) is 1. The van der Waals surface area contributed by atoms with Crippen molar-refractivity contribution < 1.29 is 18.7 Å². The second-order valence-electron chi connectivity index (χ2n) is 5.93. The molecule has 0 atom stereocenters. The van der Waals surface area contributed by atoms with Gasteiger partial charge in [-0.25, -0.2) is 0 Å². The fourth-order valence-electron chi connectivity index (χ4n) is 2.37. The van der Waals surface area contributed by atoms with Crippen molar-refractivity contribution in [2.24, 2.45) is 0 Å². The highest BCUT2D eigenvalue weighted by molar-refractivity contribution is 5.77. The van der Waals surface area contributed by atoms with Gasteiger partial charge in [-0.2, -0.15) is 0 Å². The van der Waals surface area contributed by atoms with Gasteiger partial charge in [0.1, 0.15) is 11.5 Å². The molecule has 0 bridgehead atoms. The minimum Gasteiger partial charge on any atom is -0.497 e. The van der Waals surface area contributed by atoms with E-state index in [1.165, 1.54) is 0 Å². The average molecular weight is 367 g/mol. The van der Waals surface area contributed by atoms with E-state index in [1.54, 1.807) is 7.11 Å². The molecule has 0 aliphatic heterocycles. The molecule has 1 N–H and O–H groups in total. The van der Waals surface area contributed by atoms with E-state index >= 15 is 0 Å². The highest BCUT2D eigenvalue weighted by Crippen LogP contribution is 2.22. The first kappa shape index (κ1) is 18.4. The van der Waals surface area contributed by atoms with Crippen molar-refractivity contribution in [2.45, 2.75) is 13.3 Å². The molecule has 0 aliphatic carbocycles. The van der Waals surface area contributed by atoms with Gasteiger partial charge in [0.2, 0.25) is 11.8 Å². The summed E-state index contributed by atoms with van der Waals surface area (Å²) in [6.45, 7) is 2.34. The standard InChI is InChI=1S/C20H21N3O4/c1-14-6-8-16(9-7-14)26-13-18(24)21-11-10-19-22-23-20(27-19)15-4-3-5-17(12-15)25-2/h3-9,12H,10-11,13H2,1-2H3,(H,21,24). The van der Waals surface area contributed by atoms with Crippen LogP contribution in [0.5, 0.6) is 11.5 Å². The van der Waals surface area contributed by atoms with Crippen LogP contribution in [-0.2, 0) is 11.2 Å². The maximum atomic E-state index is 11.9. The SMILES string of the molecule is COc1cccc(-c2nnc(CCNC(=O)COc3ccc(C)cc3)o2)c1. The zero-order valence-electron chi connectivity index (χ0n) is 15.3. The lowest BCUT2D eigenvalue weighted by Gasteiger charge is -2.06. The van der Waals surface area contributed by atoms with Crippen molar-refractivity contribution >= 4 is 5.91 Å². The molecule has 27 heavy (non-hydrogen) atoms. The predicted octanol–water partition coefficient (Wildman–Crippen LogP) is 2.79. The van der Waals surface area contributed by atoms with Crippen molar-refractivity contribution in [1.82, 2.24) is 15.5 Å². The van der Waals surface area contributed by atoms with E-state index in [0.717, 1.165) is 11.1 Å². The molecule has 2 aromatic carbocycles. The highest BCUT2D eigenvalue weighted by atomic mass is 16.5. The first-order valence-electron chi connectivity index (χ1n) is 8.57. The van der Waals surface area contributed by atoms with Crippen molar-refractivity contribution in [3.8, 4) is 23.0 Å². The summed E-state index contributed by atoms with van der Waals surface area (Å²) < 4.78 is 16.3. The van der Waals surface area contributed by atoms with Crippen LogP contribution in [-0.4, -0.2) is 36.4 Å². The van der Waals surface area contributed by atoms with E-state index in [1.807, 2.05) is 55.5 Å². The summed E-state index contributed by atoms with van der Waals surface area (Å²) in [7, 11) is 1.60. The Labute approximate surface area is 157 Å². The van der Waals surface area contributed by atoms with Gasteiger partial charge < -0.3 is 19.2 Å². The summed E-state index contributed by atoms with van der Waals surface area (Å²) in [5.41, 5.74) is 1.92. The number of nitrogens with one attached hydrogen (secondary N) is 1. The zero-order valence-corrected chi connectivity index (χ0v) is 15.3. The van der Waals surface area contributed by atoms with E-state index in [4.69, 9.17) is 13.9 Å². The Morgan fingerprint density at radius 2 is 1.93 bits per heavy atom. The number of methoxy groups -OCH3 is 1. The summed E-state index contributed by atoms with van der Waals surface area (Å²) in [6.07, 6.45) is 0.438. The van der Waals surface area contributed by atoms with E-state index < -0.39 is 0 Å². The van der Waals surface area contributed by atoms with E-state index in [9.17, 15) is 4.79 Å². The molecule has 3 aromatic rings. The Bertz CT molecular complexity index is 890. The number of nitrogens with zero attached hydrogens (tertiary/aromatic N) is 2. The molecule has 0 saturated carbocycles. The molecular formula is C20H21N3O4. The predicted molar refractivity (Wildman–Crippen MR) is 99.7 cm³/mol. The summed E-state index contributed by atoms with van der Waals surface area (Å²) >= 11 is 0. The van der Waals surface area contributed by atoms with Crippen LogP contribution < -0.4 is 14.8 Å².